The van der Waals surface area contributed by atoms with Crippen molar-refractivity contribution in [2.75, 3.05) is 12.3 Å². The highest BCUT2D eigenvalue weighted by molar-refractivity contribution is 5.95. The third-order valence-electron chi connectivity index (χ3n) is 2.64. The average molecular weight is 256 g/mol. The molecule has 0 unspecified atom stereocenters. The number of carbonyl (C=O) groups excluding carboxylic acids is 1. The zero-order chi connectivity index (χ0) is 13.9. The average Bonchev–Trinajstić information content (AvgIpc) is 2.29. The maximum atomic E-state index is 13.8. The number of nitrogens with zero attached hydrogens (tertiary/aromatic N) is 1. The van der Waals surface area contributed by atoms with Crippen molar-refractivity contribution in [3.05, 3.63) is 29.3 Å². The summed E-state index contributed by atoms with van der Waals surface area (Å²) in [7, 11) is 0. The van der Waals surface area contributed by atoms with Crippen LogP contribution in [0.2, 0.25) is 0 Å². The molecule has 0 heterocycles. The highest BCUT2D eigenvalue weighted by atomic mass is 19.1. The van der Waals surface area contributed by atoms with E-state index in [1.165, 1.54) is 4.90 Å². The number of rotatable bonds is 4. The molecule has 0 aliphatic heterocycles. The number of nitrogen functional groups attached to an aromatic ring is 1. The molecule has 0 aliphatic rings. The molecule has 18 heavy (non-hydrogen) atoms. The van der Waals surface area contributed by atoms with E-state index in [4.69, 9.17) is 5.73 Å². The first-order valence-corrected chi connectivity index (χ1v) is 5.94. The van der Waals surface area contributed by atoms with Crippen LogP contribution >= 0.6 is 0 Å². The number of hydrogen-bond acceptors (Lipinski definition) is 2. The minimum atomic E-state index is -0.858. The van der Waals surface area contributed by atoms with Crippen LogP contribution in [0, 0.1) is 11.6 Å². The van der Waals surface area contributed by atoms with Crippen LogP contribution in [0.15, 0.2) is 12.1 Å². The van der Waals surface area contributed by atoms with E-state index in [-0.39, 0.29) is 17.3 Å². The topological polar surface area (TPSA) is 46.3 Å². The minimum Gasteiger partial charge on any atom is -0.396 e. The van der Waals surface area contributed by atoms with Gasteiger partial charge in [0.05, 0.1) is 11.3 Å². The third-order valence-corrected chi connectivity index (χ3v) is 2.64. The second-order valence-corrected chi connectivity index (χ2v) is 4.45. The third kappa shape index (κ3) is 2.97. The summed E-state index contributed by atoms with van der Waals surface area (Å²) in [5.41, 5.74) is 4.66. The fourth-order valence-electron chi connectivity index (χ4n) is 1.76. The second-order valence-electron chi connectivity index (χ2n) is 4.45. The van der Waals surface area contributed by atoms with Gasteiger partial charge in [0.2, 0.25) is 0 Å². The van der Waals surface area contributed by atoms with Crippen molar-refractivity contribution in [1.29, 1.82) is 0 Å². The molecular formula is C13H18F2N2O. The fourth-order valence-corrected chi connectivity index (χ4v) is 1.76. The molecule has 3 nitrogen and oxygen atoms in total. The summed E-state index contributed by atoms with van der Waals surface area (Å²) in [6, 6.07) is 1.67. The van der Waals surface area contributed by atoms with Gasteiger partial charge in [-0.1, -0.05) is 6.92 Å². The Labute approximate surface area is 106 Å². The van der Waals surface area contributed by atoms with E-state index < -0.39 is 17.5 Å². The molecule has 1 aromatic carbocycles. The number of hydrogen-bond donors (Lipinski definition) is 1. The van der Waals surface area contributed by atoms with Gasteiger partial charge in [-0.25, -0.2) is 8.78 Å². The summed E-state index contributed by atoms with van der Waals surface area (Å²) in [4.78, 5) is 13.7. The quantitative estimate of drug-likeness (QED) is 0.842. The summed E-state index contributed by atoms with van der Waals surface area (Å²) >= 11 is 0. The van der Waals surface area contributed by atoms with Crippen LogP contribution in [0.3, 0.4) is 0 Å². The summed E-state index contributed by atoms with van der Waals surface area (Å²) in [6.45, 7) is 6.06. The molecule has 1 amide bonds. The van der Waals surface area contributed by atoms with Gasteiger partial charge in [-0.3, -0.25) is 4.79 Å². The van der Waals surface area contributed by atoms with Gasteiger partial charge < -0.3 is 10.6 Å². The van der Waals surface area contributed by atoms with Gasteiger partial charge in [0.15, 0.2) is 5.82 Å². The first kappa shape index (κ1) is 14.4. The number of halogens is 2. The minimum absolute atomic E-state index is 0.0821. The highest BCUT2D eigenvalue weighted by Gasteiger charge is 2.23. The molecule has 100 valence electrons. The van der Waals surface area contributed by atoms with Crippen molar-refractivity contribution in [3.8, 4) is 0 Å². The maximum absolute atomic E-state index is 13.8. The van der Waals surface area contributed by atoms with E-state index >= 15 is 0 Å². The van der Waals surface area contributed by atoms with Gasteiger partial charge in [-0.15, -0.1) is 0 Å². The zero-order valence-corrected chi connectivity index (χ0v) is 10.8. The van der Waals surface area contributed by atoms with Crippen LogP contribution in [0.4, 0.5) is 14.5 Å². The molecule has 0 radical (unpaired) electrons. The van der Waals surface area contributed by atoms with Gasteiger partial charge >= 0.3 is 0 Å². The highest BCUT2D eigenvalue weighted by Crippen LogP contribution is 2.20. The lowest BCUT2D eigenvalue weighted by Gasteiger charge is -2.26. The Morgan fingerprint density at radius 1 is 1.39 bits per heavy atom. The lowest BCUT2D eigenvalue weighted by atomic mass is 10.1. The largest absolute Gasteiger partial charge is 0.396 e. The Balaban J connectivity index is 3.16. The number of benzene rings is 1. The van der Waals surface area contributed by atoms with Gasteiger partial charge in [0.1, 0.15) is 5.82 Å². The first-order valence-electron chi connectivity index (χ1n) is 5.94. The number of anilines is 1. The molecule has 0 saturated heterocycles. The van der Waals surface area contributed by atoms with Gasteiger partial charge in [-0.2, -0.15) is 0 Å². The normalized spacial score (nSPS) is 10.8. The molecule has 2 N–H and O–H groups in total. The van der Waals surface area contributed by atoms with Crippen molar-refractivity contribution < 1.29 is 13.6 Å². The molecule has 1 rings (SSSR count). The van der Waals surface area contributed by atoms with E-state index in [0.29, 0.717) is 6.54 Å². The van der Waals surface area contributed by atoms with E-state index in [1.807, 2.05) is 20.8 Å². The van der Waals surface area contributed by atoms with Gasteiger partial charge in [0, 0.05) is 12.6 Å². The monoisotopic (exact) mass is 256 g/mol. The lowest BCUT2D eigenvalue weighted by molar-refractivity contribution is 0.0700. The fraction of sp³-hybridized carbons (Fsp3) is 0.462. The zero-order valence-electron chi connectivity index (χ0n) is 10.8. The molecule has 5 heteroatoms. The van der Waals surface area contributed by atoms with Crippen LogP contribution in [0.25, 0.3) is 0 Å². The second kappa shape index (κ2) is 5.80. The molecule has 0 saturated carbocycles. The van der Waals surface area contributed by atoms with Crippen LogP contribution in [-0.2, 0) is 0 Å². The summed E-state index contributed by atoms with van der Waals surface area (Å²) in [6.07, 6.45) is 0.746. The predicted molar refractivity (Wildman–Crippen MR) is 67.2 cm³/mol. The standard InChI is InChI=1S/C13H18F2N2O/c1-4-5-17(8(2)3)13(18)10-6-9(14)7-11(16)12(10)15/h6-8H,4-5,16H2,1-3H3. The molecule has 0 fully saturated rings. The molecular weight excluding hydrogens is 238 g/mol. The van der Waals surface area contributed by atoms with Crippen LogP contribution in [-0.4, -0.2) is 23.4 Å². The number of nitrogens with two attached hydrogens (primary N) is 1. The number of carbonyl (C=O) groups is 1. The summed E-state index contributed by atoms with van der Waals surface area (Å²) in [5, 5.41) is 0. The van der Waals surface area contributed by atoms with Gasteiger partial charge in [-0.05, 0) is 32.4 Å². The molecule has 0 aliphatic carbocycles. The predicted octanol–water partition coefficient (Wildman–Crippen LogP) is 2.81. The van der Waals surface area contributed by atoms with Crippen LogP contribution < -0.4 is 5.73 Å². The molecule has 0 bridgehead atoms. The Bertz CT molecular complexity index is 447. The van der Waals surface area contributed by atoms with Crippen molar-refractivity contribution in [3.63, 3.8) is 0 Å². The van der Waals surface area contributed by atoms with E-state index in [9.17, 15) is 13.6 Å². The Hall–Kier alpha value is -1.65. The van der Waals surface area contributed by atoms with Crippen molar-refractivity contribution in [1.82, 2.24) is 4.90 Å². The molecule has 0 spiro atoms. The van der Waals surface area contributed by atoms with Crippen molar-refractivity contribution >= 4 is 11.6 Å². The van der Waals surface area contributed by atoms with E-state index in [0.717, 1.165) is 18.6 Å². The first-order chi connectivity index (χ1) is 8.38. The Morgan fingerprint density at radius 2 is 2.00 bits per heavy atom. The van der Waals surface area contributed by atoms with Crippen LogP contribution in [0.5, 0.6) is 0 Å². The number of amides is 1. The Kier molecular flexibility index (Phi) is 4.64. The van der Waals surface area contributed by atoms with Gasteiger partial charge in [0.25, 0.3) is 5.91 Å². The molecule has 0 atom stereocenters. The smallest absolute Gasteiger partial charge is 0.257 e. The van der Waals surface area contributed by atoms with Crippen molar-refractivity contribution in [2.45, 2.75) is 33.2 Å². The lowest BCUT2D eigenvalue weighted by Crippen LogP contribution is -2.38. The van der Waals surface area contributed by atoms with Crippen LogP contribution in [0.1, 0.15) is 37.6 Å². The van der Waals surface area contributed by atoms with Crippen molar-refractivity contribution in [2.24, 2.45) is 0 Å². The van der Waals surface area contributed by atoms with E-state index in [2.05, 4.69) is 0 Å². The Morgan fingerprint density at radius 3 is 2.50 bits per heavy atom. The summed E-state index contributed by atoms with van der Waals surface area (Å²) < 4.78 is 27.0. The molecule has 1 aromatic rings. The maximum Gasteiger partial charge on any atom is 0.257 e. The van der Waals surface area contributed by atoms with E-state index in [1.54, 1.807) is 0 Å². The summed E-state index contributed by atoms with van der Waals surface area (Å²) in [5.74, 6) is -2.10. The SMILES string of the molecule is CCCN(C(=O)c1cc(F)cc(N)c1F)C(C)C. The molecule has 0 aromatic heterocycles.